The molecule has 0 heterocycles. The summed E-state index contributed by atoms with van der Waals surface area (Å²) in [5.41, 5.74) is 1.67. The number of hydrogen-bond acceptors (Lipinski definition) is 2. The van der Waals surface area contributed by atoms with Crippen molar-refractivity contribution in [3.05, 3.63) is 53.6 Å². The minimum absolute atomic E-state index is 0.143. The Morgan fingerprint density at radius 3 is 2.00 bits per heavy atom. The van der Waals surface area contributed by atoms with E-state index in [1.165, 1.54) is 0 Å². The van der Waals surface area contributed by atoms with E-state index in [-0.39, 0.29) is 22.4 Å². The second-order valence-corrected chi connectivity index (χ2v) is 9.03. The van der Waals surface area contributed by atoms with Gasteiger partial charge in [0.2, 0.25) is 11.6 Å². The monoisotopic (exact) mass is 322 g/mol. The predicted octanol–water partition coefficient (Wildman–Crippen LogP) is 4.86. The first-order chi connectivity index (χ1) is 11.0. The number of Topliss-reactive ketones (excluding diaryl/α,β-unsaturated/α-hetero) is 2. The highest BCUT2D eigenvalue weighted by Crippen LogP contribution is 2.59. The summed E-state index contributed by atoms with van der Waals surface area (Å²) < 4.78 is 0. The molecule has 3 aliphatic rings. The summed E-state index contributed by atoms with van der Waals surface area (Å²) in [6.45, 7) is 12.5. The number of carbonyl (C=O) groups is 2. The summed E-state index contributed by atoms with van der Waals surface area (Å²) in [5, 5.41) is 0. The van der Waals surface area contributed by atoms with Gasteiger partial charge in [-0.05, 0) is 22.0 Å². The van der Waals surface area contributed by atoms with Crippen molar-refractivity contribution in [1.29, 1.82) is 0 Å². The summed E-state index contributed by atoms with van der Waals surface area (Å²) in [5.74, 6) is -0.927. The van der Waals surface area contributed by atoms with Crippen LogP contribution >= 0.6 is 0 Å². The van der Waals surface area contributed by atoms with Gasteiger partial charge in [-0.2, -0.15) is 0 Å². The molecule has 0 amide bonds. The van der Waals surface area contributed by atoms with Crippen LogP contribution in [0.3, 0.4) is 0 Å². The topological polar surface area (TPSA) is 34.1 Å². The average Bonchev–Trinajstić information content (AvgIpc) is 2.50. The lowest BCUT2D eigenvalue weighted by Gasteiger charge is -2.51. The summed E-state index contributed by atoms with van der Waals surface area (Å²) in [6, 6.07) is 9.99. The van der Waals surface area contributed by atoms with E-state index in [9.17, 15) is 9.59 Å². The Morgan fingerprint density at radius 2 is 1.50 bits per heavy atom. The van der Waals surface area contributed by atoms with Gasteiger partial charge in [-0.1, -0.05) is 89.6 Å². The van der Waals surface area contributed by atoms with Gasteiger partial charge in [-0.3, -0.25) is 9.59 Å². The normalized spacial score (nSPS) is 27.2. The number of allylic oxidation sites excluding steroid dienone is 4. The number of rotatable bonds is 1. The molecule has 4 rings (SSSR count). The first-order valence-electron chi connectivity index (χ1n) is 8.60. The van der Waals surface area contributed by atoms with Crippen molar-refractivity contribution in [2.75, 3.05) is 0 Å². The quantitative estimate of drug-likeness (QED) is 0.547. The van der Waals surface area contributed by atoms with Crippen molar-refractivity contribution in [1.82, 2.24) is 0 Å². The molecule has 2 atom stereocenters. The maximum absolute atomic E-state index is 13.2. The summed E-state index contributed by atoms with van der Waals surface area (Å²) in [4.78, 5) is 26.0. The number of ketones is 2. The van der Waals surface area contributed by atoms with Gasteiger partial charge in [-0.25, -0.2) is 0 Å². The molecule has 0 aliphatic heterocycles. The molecule has 0 saturated carbocycles. The van der Waals surface area contributed by atoms with Gasteiger partial charge >= 0.3 is 0 Å². The minimum Gasteiger partial charge on any atom is -0.290 e. The maximum atomic E-state index is 13.2. The number of hydrogen-bond donors (Lipinski definition) is 0. The molecule has 0 unspecified atom stereocenters. The fourth-order valence-corrected chi connectivity index (χ4v) is 4.11. The predicted molar refractivity (Wildman–Crippen MR) is 97.3 cm³/mol. The zero-order valence-corrected chi connectivity index (χ0v) is 15.4. The number of carbonyl (C=O) groups excluding carboxylic acids is 2. The van der Waals surface area contributed by atoms with Gasteiger partial charge in [0.05, 0.1) is 11.3 Å². The summed E-state index contributed by atoms with van der Waals surface area (Å²) in [7, 11) is 0. The van der Waals surface area contributed by atoms with Gasteiger partial charge in [0.15, 0.2) is 0 Å². The van der Waals surface area contributed by atoms with Gasteiger partial charge in [0, 0.05) is 0 Å². The van der Waals surface area contributed by atoms with Crippen molar-refractivity contribution in [3.8, 4) is 0 Å². The van der Waals surface area contributed by atoms with Crippen LogP contribution in [-0.4, -0.2) is 11.6 Å². The minimum atomic E-state index is -0.886. The van der Waals surface area contributed by atoms with Crippen molar-refractivity contribution < 1.29 is 9.59 Å². The zero-order valence-electron chi connectivity index (χ0n) is 15.4. The van der Waals surface area contributed by atoms with Crippen LogP contribution in [0.15, 0.2) is 48.1 Å². The summed E-state index contributed by atoms with van der Waals surface area (Å²) in [6.07, 6.45) is 4.16. The van der Waals surface area contributed by atoms with Crippen molar-refractivity contribution in [2.45, 2.75) is 41.5 Å². The molecule has 0 spiro atoms. The molecule has 0 saturated heterocycles. The third-order valence-corrected chi connectivity index (χ3v) is 5.46. The van der Waals surface area contributed by atoms with E-state index in [1.54, 1.807) is 0 Å². The largest absolute Gasteiger partial charge is 0.290 e. The lowest BCUT2D eigenvalue weighted by atomic mass is 9.49. The average molecular weight is 322 g/mol. The van der Waals surface area contributed by atoms with E-state index in [0.29, 0.717) is 0 Å². The fourth-order valence-electron chi connectivity index (χ4n) is 4.11. The Kier molecular flexibility index (Phi) is 3.53. The van der Waals surface area contributed by atoms with E-state index in [2.05, 4.69) is 47.6 Å². The third-order valence-electron chi connectivity index (χ3n) is 5.46. The molecule has 3 aliphatic carbocycles. The molecule has 1 aromatic rings. The Bertz CT molecular complexity index is 766. The molecule has 2 bridgehead atoms. The van der Waals surface area contributed by atoms with Crippen LogP contribution in [0.25, 0.3) is 5.57 Å². The Balaban J connectivity index is 2.34. The first kappa shape index (κ1) is 16.9. The standard InChI is InChI=1S/C22H26O2/c1-20(2,3)17-13-22(21(4,5)6)16(14-10-8-7-9-11-14)12-15(17)18(23)19(22)24/h7-13,15H,1-6H3/t15-,22+/m1/s1. The van der Waals surface area contributed by atoms with Gasteiger partial charge in [0.25, 0.3) is 0 Å². The van der Waals surface area contributed by atoms with Gasteiger partial charge < -0.3 is 0 Å². The van der Waals surface area contributed by atoms with E-state index >= 15 is 0 Å². The van der Waals surface area contributed by atoms with Gasteiger partial charge in [-0.15, -0.1) is 0 Å². The van der Waals surface area contributed by atoms with Crippen LogP contribution in [0.2, 0.25) is 0 Å². The molecule has 2 nitrogen and oxygen atoms in total. The SMILES string of the molecule is CC(C)(C)C1=C[C@@]2(C(C)(C)C)C(=O)C(=O)[C@@H]1C=C2c1ccccc1. The molecular formula is C22H26O2. The number of fused-ring (bicyclic) bond motifs is 1. The third kappa shape index (κ3) is 2.16. The van der Waals surface area contributed by atoms with Crippen molar-refractivity contribution in [3.63, 3.8) is 0 Å². The second-order valence-electron chi connectivity index (χ2n) is 9.03. The Hall–Kier alpha value is -1.96. The molecule has 126 valence electrons. The molecule has 0 aromatic heterocycles. The maximum Gasteiger partial charge on any atom is 0.214 e. The van der Waals surface area contributed by atoms with E-state index in [0.717, 1.165) is 16.7 Å². The van der Waals surface area contributed by atoms with Crippen molar-refractivity contribution in [2.24, 2.45) is 22.2 Å². The lowest BCUT2D eigenvalue weighted by Crippen LogP contribution is -2.55. The highest BCUT2D eigenvalue weighted by atomic mass is 16.2. The molecule has 24 heavy (non-hydrogen) atoms. The zero-order chi connectivity index (χ0) is 17.9. The van der Waals surface area contributed by atoms with E-state index in [1.807, 2.05) is 36.4 Å². The second kappa shape index (κ2) is 5.02. The lowest BCUT2D eigenvalue weighted by molar-refractivity contribution is -0.145. The molecule has 0 fully saturated rings. The highest BCUT2D eigenvalue weighted by molar-refractivity contribution is 6.46. The molecule has 0 radical (unpaired) electrons. The fraction of sp³-hybridized carbons (Fsp3) is 0.455. The first-order valence-corrected chi connectivity index (χ1v) is 8.60. The van der Waals surface area contributed by atoms with E-state index < -0.39 is 11.3 Å². The molecule has 2 heteroatoms. The molecule has 1 aromatic carbocycles. The smallest absolute Gasteiger partial charge is 0.214 e. The van der Waals surface area contributed by atoms with Crippen LogP contribution in [-0.2, 0) is 9.59 Å². The Labute approximate surface area is 144 Å². The summed E-state index contributed by atoms with van der Waals surface area (Å²) >= 11 is 0. The van der Waals surface area contributed by atoms with Crippen LogP contribution in [0.1, 0.15) is 47.1 Å². The molecular weight excluding hydrogens is 296 g/mol. The highest BCUT2D eigenvalue weighted by Gasteiger charge is 2.60. The van der Waals surface area contributed by atoms with Crippen LogP contribution in [0.5, 0.6) is 0 Å². The Morgan fingerprint density at radius 1 is 0.917 bits per heavy atom. The molecule has 0 N–H and O–H groups in total. The van der Waals surface area contributed by atoms with Crippen molar-refractivity contribution >= 4 is 17.1 Å². The van der Waals surface area contributed by atoms with E-state index in [4.69, 9.17) is 0 Å². The van der Waals surface area contributed by atoms with Crippen LogP contribution < -0.4 is 0 Å². The number of benzene rings is 1. The van der Waals surface area contributed by atoms with Gasteiger partial charge in [0.1, 0.15) is 0 Å². The van der Waals surface area contributed by atoms with Crippen LogP contribution in [0.4, 0.5) is 0 Å². The van der Waals surface area contributed by atoms with Crippen LogP contribution in [0, 0.1) is 22.2 Å².